The van der Waals surface area contributed by atoms with E-state index in [4.69, 9.17) is 10.5 Å². The number of morpholine rings is 1. The van der Waals surface area contributed by atoms with E-state index in [1.165, 1.54) is 0 Å². The number of rotatable bonds is 3. The van der Waals surface area contributed by atoms with E-state index in [9.17, 15) is 4.79 Å². The molecule has 0 spiro atoms. The second-order valence-corrected chi connectivity index (χ2v) is 6.48. The number of benzene rings is 1. The summed E-state index contributed by atoms with van der Waals surface area (Å²) < 4.78 is 5.77. The zero-order valence-corrected chi connectivity index (χ0v) is 14.3. The molecule has 2 unspecified atom stereocenters. The summed E-state index contributed by atoms with van der Waals surface area (Å²) in [5.74, 6) is 0.499. The van der Waals surface area contributed by atoms with E-state index in [2.05, 4.69) is 23.7 Å². The highest BCUT2D eigenvalue weighted by atomic mass is 16.5. The van der Waals surface area contributed by atoms with Crippen molar-refractivity contribution in [3.8, 4) is 11.1 Å². The molecular formula is C19H23N3O2. The van der Waals surface area contributed by atoms with Gasteiger partial charge in [0.1, 0.15) is 5.82 Å². The number of nitrogens with zero attached hydrogens (tertiary/aromatic N) is 2. The zero-order chi connectivity index (χ0) is 17.3. The molecule has 3 rings (SSSR count). The summed E-state index contributed by atoms with van der Waals surface area (Å²) >= 11 is 0. The zero-order valence-electron chi connectivity index (χ0n) is 14.3. The Hall–Kier alpha value is -2.40. The van der Waals surface area contributed by atoms with Gasteiger partial charge in [-0.05, 0) is 44.5 Å². The van der Waals surface area contributed by atoms with Crippen LogP contribution in [0.3, 0.4) is 0 Å². The van der Waals surface area contributed by atoms with Crippen LogP contribution >= 0.6 is 0 Å². The molecule has 0 bridgehead atoms. The van der Waals surface area contributed by atoms with Gasteiger partial charge >= 0.3 is 0 Å². The number of nitrogens with two attached hydrogens (primary N) is 1. The number of aromatic nitrogens is 1. The first kappa shape index (κ1) is 16.5. The molecule has 2 N–H and O–H groups in total. The highest BCUT2D eigenvalue weighted by Crippen LogP contribution is 2.26. The molecule has 2 heterocycles. The molecule has 126 valence electrons. The van der Waals surface area contributed by atoms with Crippen molar-refractivity contribution in [2.45, 2.75) is 33.0 Å². The molecule has 0 saturated carbocycles. The first-order valence-electron chi connectivity index (χ1n) is 8.21. The number of primary amides is 1. The Morgan fingerprint density at radius 3 is 2.50 bits per heavy atom. The fraction of sp³-hybridized carbons (Fsp3) is 0.368. The highest BCUT2D eigenvalue weighted by molar-refractivity contribution is 5.99. The lowest BCUT2D eigenvalue weighted by Gasteiger charge is -2.36. The molecule has 2 atom stereocenters. The fourth-order valence-corrected chi connectivity index (χ4v) is 3.21. The van der Waals surface area contributed by atoms with Gasteiger partial charge in [-0.15, -0.1) is 0 Å². The Bertz CT molecular complexity index is 733. The summed E-state index contributed by atoms with van der Waals surface area (Å²) in [5.41, 5.74) is 8.81. The van der Waals surface area contributed by atoms with E-state index in [1.807, 2.05) is 31.2 Å². The van der Waals surface area contributed by atoms with Crippen LogP contribution in [0.2, 0.25) is 0 Å². The van der Waals surface area contributed by atoms with Gasteiger partial charge in [0.15, 0.2) is 0 Å². The predicted octanol–water partition coefficient (Wildman–Crippen LogP) is 2.77. The molecule has 0 radical (unpaired) electrons. The fourth-order valence-electron chi connectivity index (χ4n) is 3.21. The number of aryl methyl sites for hydroxylation is 1. The minimum absolute atomic E-state index is 0.188. The number of hydrogen-bond acceptors (Lipinski definition) is 4. The van der Waals surface area contributed by atoms with Crippen molar-refractivity contribution in [2.75, 3.05) is 18.0 Å². The van der Waals surface area contributed by atoms with Gasteiger partial charge in [0.05, 0.1) is 12.2 Å². The Morgan fingerprint density at radius 1 is 1.21 bits per heavy atom. The number of carbonyl (C=O) groups is 1. The molecule has 1 aromatic heterocycles. The van der Waals surface area contributed by atoms with Gasteiger partial charge in [-0.3, -0.25) is 4.79 Å². The lowest BCUT2D eigenvalue weighted by Crippen LogP contribution is -2.45. The molecule has 1 saturated heterocycles. The number of anilines is 1. The molecule has 1 aliphatic heterocycles. The van der Waals surface area contributed by atoms with Crippen molar-refractivity contribution in [3.05, 3.63) is 47.7 Å². The number of amides is 1. The van der Waals surface area contributed by atoms with Crippen LogP contribution in [0.25, 0.3) is 11.1 Å². The molecule has 2 aromatic rings. The third kappa shape index (κ3) is 3.41. The third-order valence-corrected chi connectivity index (χ3v) is 4.24. The number of hydrogen-bond donors (Lipinski definition) is 1. The summed E-state index contributed by atoms with van der Waals surface area (Å²) in [5, 5.41) is 0. The summed E-state index contributed by atoms with van der Waals surface area (Å²) in [6, 6.07) is 9.62. The number of ether oxygens (including phenoxy) is 1. The summed E-state index contributed by atoms with van der Waals surface area (Å²) in [7, 11) is 0. The van der Waals surface area contributed by atoms with E-state index < -0.39 is 5.91 Å². The van der Waals surface area contributed by atoms with E-state index in [1.54, 1.807) is 12.3 Å². The summed E-state index contributed by atoms with van der Waals surface area (Å²) in [6.45, 7) is 7.79. The van der Waals surface area contributed by atoms with Crippen LogP contribution in [0.5, 0.6) is 0 Å². The summed E-state index contributed by atoms with van der Waals surface area (Å²) in [4.78, 5) is 18.5. The Kier molecular flexibility index (Phi) is 4.53. The quantitative estimate of drug-likeness (QED) is 0.942. The molecule has 5 heteroatoms. The van der Waals surface area contributed by atoms with Gasteiger partial charge in [0.25, 0.3) is 0 Å². The van der Waals surface area contributed by atoms with Gasteiger partial charge in [-0.25, -0.2) is 4.98 Å². The van der Waals surface area contributed by atoms with Crippen LogP contribution < -0.4 is 10.6 Å². The van der Waals surface area contributed by atoms with E-state index in [0.29, 0.717) is 5.56 Å². The summed E-state index contributed by atoms with van der Waals surface area (Å²) in [6.07, 6.45) is 2.18. The second-order valence-electron chi connectivity index (χ2n) is 6.48. The minimum atomic E-state index is -0.426. The monoisotopic (exact) mass is 325 g/mol. The van der Waals surface area contributed by atoms with Gasteiger partial charge in [0.2, 0.25) is 5.91 Å². The van der Waals surface area contributed by atoms with E-state index >= 15 is 0 Å². The van der Waals surface area contributed by atoms with Crippen molar-refractivity contribution < 1.29 is 9.53 Å². The van der Waals surface area contributed by atoms with Crippen LogP contribution in [0, 0.1) is 6.92 Å². The van der Waals surface area contributed by atoms with Crippen LogP contribution in [0.1, 0.15) is 29.8 Å². The molecule has 1 aliphatic rings. The molecule has 5 nitrogen and oxygen atoms in total. The Morgan fingerprint density at radius 2 is 1.92 bits per heavy atom. The number of carbonyl (C=O) groups excluding carboxylic acids is 1. The van der Waals surface area contributed by atoms with Crippen molar-refractivity contribution in [1.82, 2.24) is 4.98 Å². The lowest BCUT2D eigenvalue weighted by atomic mass is 9.98. The van der Waals surface area contributed by atoms with Crippen molar-refractivity contribution in [2.24, 2.45) is 5.73 Å². The van der Waals surface area contributed by atoms with Crippen LogP contribution in [-0.2, 0) is 4.74 Å². The smallest absolute Gasteiger partial charge is 0.249 e. The molecule has 1 aromatic carbocycles. The van der Waals surface area contributed by atoms with E-state index in [-0.39, 0.29) is 12.2 Å². The van der Waals surface area contributed by atoms with E-state index in [0.717, 1.165) is 35.6 Å². The van der Waals surface area contributed by atoms with Gasteiger partial charge in [-0.2, -0.15) is 0 Å². The topological polar surface area (TPSA) is 68.5 Å². The van der Waals surface area contributed by atoms with Crippen molar-refractivity contribution in [1.29, 1.82) is 0 Å². The first-order chi connectivity index (χ1) is 11.4. The van der Waals surface area contributed by atoms with Crippen LogP contribution in [-0.4, -0.2) is 36.2 Å². The van der Waals surface area contributed by atoms with Crippen molar-refractivity contribution in [3.63, 3.8) is 0 Å². The van der Waals surface area contributed by atoms with Gasteiger partial charge < -0.3 is 15.4 Å². The maximum absolute atomic E-state index is 11.7. The predicted molar refractivity (Wildman–Crippen MR) is 95.1 cm³/mol. The average molecular weight is 325 g/mol. The van der Waals surface area contributed by atoms with Crippen LogP contribution in [0.15, 0.2) is 36.5 Å². The highest BCUT2D eigenvalue weighted by Gasteiger charge is 2.23. The molecule has 0 aliphatic carbocycles. The first-order valence-corrected chi connectivity index (χ1v) is 8.21. The molecular weight excluding hydrogens is 302 g/mol. The SMILES string of the molecule is Cc1ccc(C(N)=O)c(-c2ccc(N3CC(C)OC(C)C3)nc2)c1. The lowest BCUT2D eigenvalue weighted by molar-refractivity contribution is -0.00545. The maximum Gasteiger partial charge on any atom is 0.249 e. The van der Waals surface area contributed by atoms with Crippen molar-refractivity contribution >= 4 is 11.7 Å². The molecule has 24 heavy (non-hydrogen) atoms. The number of pyridine rings is 1. The third-order valence-electron chi connectivity index (χ3n) is 4.24. The maximum atomic E-state index is 11.7. The Balaban J connectivity index is 1.90. The Labute approximate surface area is 142 Å². The largest absolute Gasteiger partial charge is 0.372 e. The molecule has 1 fully saturated rings. The standard InChI is InChI=1S/C19H23N3O2/c1-12-4-6-16(19(20)23)17(8-12)15-5-7-18(21-9-15)22-10-13(2)24-14(3)11-22/h4-9,13-14H,10-11H2,1-3H3,(H2,20,23). The normalized spacial score (nSPS) is 20.9. The molecule has 1 amide bonds. The average Bonchev–Trinajstić information content (AvgIpc) is 2.53. The van der Waals surface area contributed by atoms with Gasteiger partial charge in [0, 0.05) is 30.4 Å². The second kappa shape index (κ2) is 6.61. The minimum Gasteiger partial charge on any atom is -0.372 e. The van der Waals surface area contributed by atoms with Gasteiger partial charge in [-0.1, -0.05) is 17.7 Å². The van der Waals surface area contributed by atoms with Crippen LogP contribution in [0.4, 0.5) is 5.82 Å².